The molecule has 11 heteroatoms. The summed E-state index contributed by atoms with van der Waals surface area (Å²) in [6.45, 7) is 7.24. The van der Waals surface area contributed by atoms with Crippen LogP contribution >= 0.6 is 15.9 Å². The maximum atomic E-state index is 14.3. The first kappa shape index (κ1) is 32.5. The molecule has 0 spiro atoms. The van der Waals surface area contributed by atoms with Crippen molar-refractivity contribution in [1.29, 1.82) is 0 Å². The topological polar surface area (TPSA) is 111 Å². The van der Waals surface area contributed by atoms with Crippen LogP contribution in [-0.4, -0.2) is 48.5 Å². The molecule has 3 aromatic carbocycles. The van der Waals surface area contributed by atoms with E-state index in [1.54, 1.807) is 33.9 Å². The number of hydrogen-bond donors (Lipinski definition) is 1. The molecule has 49 heavy (non-hydrogen) atoms. The fraction of sp³-hybridized carbons (Fsp3) is 0.289. The fourth-order valence-electron chi connectivity index (χ4n) is 6.25. The van der Waals surface area contributed by atoms with Crippen LogP contribution in [0.4, 0.5) is 0 Å². The minimum Gasteiger partial charge on any atom is -0.493 e. The van der Waals surface area contributed by atoms with Crippen molar-refractivity contribution in [3.63, 3.8) is 0 Å². The van der Waals surface area contributed by atoms with Crippen LogP contribution in [0.1, 0.15) is 64.4 Å². The van der Waals surface area contributed by atoms with Gasteiger partial charge in [-0.3, -0.25) is 18.7 Å². The summed E-state index contributed by atoms with van der Waals surface area (Å²) in [7, 11) is 0. The van der Waals surface area contributed by atoms with E-state index < -0.39 is 5.91 Å². The van der Waals surface area contributed by atoms with E-state index in [0.29, 0.717) is 29.3 Å². The van der Waals surface area contributed by atoms with E-state index in [9.17, 15) is 14.4 Å². The molecule has 1 unspecified atom stereocenters. The van der Waals surface area contributed by atoms with E-state index in [-0.39, 0.29) is 48.4 Å². The number of halogens is 1. The molecule has 1 aliphatic heterocycles. The van der Waals surface area contributed by atoms with Crippen LogP contribution in [0.2, 0.25) is 0 Å². The molecular weight excluding hydrogens is 684 g/mol. The molecule has 2 amide bonds. The van der Waals surface area contributed by atoms with E-state index in [1.165, 1.54) is 10.9 Å². The molecule has 5 aromatic rings. The second-order valence-electron chi connectivity index (χ2n) is 13.3. The number of fused-ring (bicyclic) bond motifs is 1. The number of hydrogen-bond acceptors (Lipinski definition) is 6. The number of aromatic nitrogens is 4. The SMILES string of the molecule is Cc1cc(C(=O)N2Cc3c(C(=O)NCc4ccccc4-c4ccncn4)n(-c4ccc(OCC5(C)CC5)cc4)c(=O)n3CC2C)ccc1Br. The predicted octanol–water partition coefficient (Wildman–Crippen LogP) is 6.32. The molecule has 10 nitrogen and oxygen atoms in total. The normalized spacial score (nSPS) is 16.2. The van der Waals surface area contributed by atoms with Crippen molar-refractivity contribution in [2.24, 2.45) is 5.41 Å². The number of carbonyl (C=O) groups is 2. The van der Waals surface area contributed by atoms with Gasteiger partial charge in [0.2, 0.25) is 0 Å². The predicted molar refractivity (Wildman–Crippen MR) is 190 cm³/mol. The average molecular weight is 722 g/mol. The summed E-state index contributed by atoms with van der Waals surface area (Å²) in [6, 6.07) is 22.0. The van der Waals surface area contributed by atoms with Gasteiger partial charge in [-0.25, -0.2) is 14.8 Å². The van der Waals surface area contributed by atoms with Crippen LogP contribution in [0.25, 0.3) is 16.9 Å². The Morgan fingerprint density at radius 1 is 1.06 bits per heavy atom. The van der Waals surface area contributed by atoms with Crippen LogP contribution in [0.5, 0.6) is 5.75 Å². The van der Waals surface area contributed by atoms with Crippen LogP contribution in [-0.2, 0) is 19.6 Å². The van der Waals surface area contributed by atoms with Gasteiger partial charge in [0, 0.05) is 46.3 Å². The van der Waals surface area contributed by atoms with E-state index in [1.807, 2.05) is 68.4 Å². The van der Waals surface area contributed by atoms with Crippen LogP contribution in [0.3, 0.4) is 0 Å². The summed E-state index contributed by atoms with van der Waals surface area (Å²) in [6.07, 6.45) is 5.47. The minimum absolute atomic E-state index is 0.0946. The van der Waals surface area contributed by atoms with Crippen LogP contribution in [0, 0.1) is 12.3 Å². The quantitative estimate of drug-likeness (QED) is 0.191. The largest absolute Gasteiger partial charge is 0.493 e. The third kappa shape index (κ3) is 6.55. The molecule has 1 aliphatic carbocycles. The second-order valence-corrected chi connectivity index (χ2v) is 14.2. The number of amides is 2. The molecule has 1 fully saturated rings. The summed E-state index contributed by atoms with van der Waals surface area (Å²) >= 11 is 3.52. The van der Waals surface area contributed by atoms with Gasteiger partial charge >= 0.3 is 5.69 Å². The molecular formula is C38H37BrN6O4. The van der Waals surface area contributed by atoms with E-state index in [4.69, 9.17) is 4.74 Å². The van der Waals surface area contributed by atoms with Crippen molar-refractivity contribution >= 4 is 27.7 Å². The lowest BCUT2D eigenvalue weighted by molar-refractivity contribution is 0.0610. The highest BCUT2D eigenvalue weighted by Gasteiger charge is 2.38. The molecule has 1 atom stereocenters. The Labute approximate surface area is 292 Å². The highest BCUT2D eigenvalue weighted by atomic mass is 79.9. The number of nitrogens with zero attached hydrogens (tertiary/aromatic N) is 5. The van der Waals surface area contributed by atoms with Gasteiger partial charge in [0.1, 0.15) is 17.8 Å². The van der Waals surface area contributed by atoms with E-state index in [0.717, 1.165) is 39.7 Å². The molecule has 2 aliphatic rings. The zero-order chi connectivity index (χ0) is 34.3. The number of aryl methyl sites for hydroxylation is 1. The highest BCUT2D eigenvalue weighted by Crippen LogP contribution is 2.45. The van der Waals surface area contributed by atoms with Gasteiger partial charge in [-0.2, -0.15) is 0 Å². The Hall–Kier alpha value is -5.03. The number of carbonyl (C=O) groups excluding carboxylic acids is 2. The molecule has 0 bridgehead atoms. The molecule has 0 radical (unpaired) electrons. The number of imidazole rings is 1. The lowest BCUT2D eigenvalue weighted by Crippen LogP contribution is -2.47. The molecule has 1 saturated carbocycles. The fourth-order valence-corrected chi connectivity index (χ4v) is 6.49. The van der Waals surface area contributed by atoms with Gasteiger partial charge in [0.25, 0.3) is 11.8 Å². The molecule has 0 saturated heterocycles. The summed E-state index contributed by atoms with van der Waals surface area (Å²) in [5.41, 5.74) is 5.06. The Kier molecular flexibility index (Phi) is 8.70. The Balaban J connectivity index is 1.24. The first-order chi connectivity index (χ1) is 23.6. The van der Waals surface area contributed by atoms with Crippen molar-refractivity contribution in [3.8, 4) is 22.7 Å². The number of ether oxygens (including phenoxy) is 1. The minimum atomic E-state index is -0.424. The molecule has 250 valence electrons. The Morgan fingerprint density at radius 2 is 1.84 bits per heavy atom. The Bertz CT molecular complexity index is 2100. The molecule has 3 heterocycles. The van der Waals surface area contributed by atoms with Crippen molar-refractivity contribution in [2.45, 2.75) is 59.3 Å². The van der Waals surface area contributed by atoms with Crippen LogP contribution < -0.4 is 15.7 Å². The molecule has 1 N–H and O–H groups in total. The zero-order valence-corrected chi connectivity index (χ0v) is 29.2. The number of rotatable bonds is 9. The molecule has 7 rings (SSSR count). The molecule has 2 aromatic heterocycles. The van der Waals surface area contributed by atoms with E-state index >= 15 is 0 Å². The monoisotopic (exact) mass is 720 g/mol. The Morgan fingerprint density at radius 3 is 2.55 bits per heavy atom. The van der Waals surface area contributed by atoms with Crippen LogP contribution in [0.15, 0.2) is 94.6 Å². The van der Waals surface area contributed by atoms with Crippen molar-refractivity contribution < 1.29 is 14.3 Å². The smallest absolute Gasteiger partial charge is 0.333 e. The summed E-state index contributed by atoms with van der Waals surface area (Å²) < 4.78 is 10.0. The maximum absolute atomic E-state index is 14.3. The lowest BCUT2D eigenvalue weighted by atomic mass is 10.0. The van der Waals surface area contributed by atoms with Crippen molar-refractivity contribution in [1.82, 2.24) is 29.3 Å². The second kappa shape index (κ2) is 13.1. The number of benzene rings is 3. The van der Waals surface area contributed by atoms with Gasteiger partial charge in [0.15, 0.2) is 0 Å². The first-order valence-electron chi connectivity index (χ1n) is 16.4. The van der Waals surface area contributed by atoms with Gasteiger partial charge in [-0.1, -0.05) is 47.1 Å². The van der Waals surface area contributed by atoms with Gasteiger partial charge in [-0.05, 0) is 86.3 Å². The average Bonchev–Trinajstić information content (AvgIpc) is 3.80. The zero-order valence-electron chi connectivity index (χ0n) is 27.6. The standard InChI is InChI=1S/C38H37BrN6O4/c1-24-18-26(8-13-31(24)39)36(47)43-21-33-34(35(46)41-19-27-6-4-5-7-30(27)32-14-17-40-23-42-32)45(37(48)44(33)20-25(43)2)28-9-11-29(12-10-28)49-22-38(3)15-16-38/h4-14,17-18,23,25H,15-16,19-22H2,1-3H3,(H,41,46). The number of nitrogens with one attached hydrogen (secondary N) is 1. The van der Waals surface area contributed by atoms with Gasteiger partial charge in [0.05, 0.1) is 30.2 Å². The van der Waals surface area contributed by atoms with Crippen molar-refractivity contribution in [2.75, 3.05) is 6.61 Å². The van der Waals surface area contributed by atoms with Gasteiger partial charge in [-0.15, -0.1) is 0 Å². The summed E-state index contributed by atoms with van der Waals surface area (Å²) in [5.74, 6) is 0.119. The van der Waals surface area contributed by atoms with E-state index in [2.05, 4.69) is 38.1 Å². The maximum Gasteiger partial charge on any atom is 0.333 e. The summed E-state index contributed by atoms with van der Waals surface area (Å²) in [5, 5.41) is 3.07. The highest BCUT2D eigenvalue weighted by molar-refractivity contribution is 9.10. The van der Waals surface area contributed by atoms with Crippen molar-refractivity contribution in [3.05, 3.63) is 128 Å². The third-order valence-corrected chi connectivity index (χ3v) is 10.4. The summed E-state index contributed by atoms with van der Waals surface area (Å²) in [4.78, 5) is 52.5. The third-order valence-electron chi connectivity index (χ3n) is 9.53. The lowest BCUT2D eigenvalue weighted by Gasteiger charge is -2.34. The van der Waals surface area contributed by atoms with Gasteiger partial charge < -0.3 is 15.0 Å². The first-order valence-corrected chi connectivity index (χ1v) is 17.2.